The number of Topliss-reactive ketones (excluding diaryl/α,β-unsaturated/α-hetero) is 1. The third-order valence-corrected chi connectivity index (χ3v) is 7.83. The van der Waals surface area contributed by atoms with Gasteiger partial charge >= 0.3 is 0 Å². The maximum Gasteiger partial charge on any atom is 0.229 e. The fourth-order valence-corrected chi connectivity index (χ4v) is 5.89. The van der Waals surface area contributed by atoms with Gasteiger partial charge in [-0.3, -0.25) is 9.59 Å². The maximum absolute atomic E-state index is 12.8. The van der Waals surface area contributed by atoms with E-state index < -0.39 is 0 Å². The van der Waals surface area contributed by atoms with Crippen LogP contribution in [-0.2, 0) is 16.0 Å². The second kappa shape index (κ2) is 10.6. The Morgan fingerprint density at radius 1 is 0.848 bits per heavy atom. The van der Waals surface area contributed by atoms with Crippen molar-refractivity contribution in [2.75, 3.05) is 25.0 Å². The highest BCUT2D eigenvalue weighted by atomic mass is 16.2. The Balaban J connectivity index is 0.00000259. The van der Waals surface area contributed by atoms with E-state index in [1.165, 1.54) is 25.7 Å². The SMILES string of the molecule is C.O=C(Cc1ccc(-c2ccc(NC(=O)[C@H]3CN4CCC3CC4)cc2)cc1)CC1CCCC1. The van der Waals surface area contributed by atoms with Gasteiger partial charge in [-0.05, 0) is 66.6 Å². The number of fused-ring (bicyclic) bond motifs is 3. The Hall–Kier alpha value is -2.46. The number of ketones is 1. The normalized spacial score (nSPS) is 24.3. The number of benzene rings is 2. The summed E-state index contributed by atoms with van der Waals surface area (Å²) in [5, 5.41) is 3.13. The molecule has 4 nitrogen and oxygen atoms in total. The predicted molar refractivity (Wildman–Crippen MR) is 135 cm³/mol. The van der Waals surface area contributed by atoms with Crippen molar-refractivity contribution in [2.45, 2.75) is 58.8 Å². The van der Waals surface area contributed by atoms with E-state index in [1.54, 1.807) is 0 Å². The summed E-state index contributed by atoms with van der Waals surface area (Å²) in [5.74, 6) is 1.82. The second-order valence-corrected chi connectivity index (χ2v) is 10.1. The minimum absolute atomic E-state index is 0. The van der Waals surface area contributed by atoms with Gasteiger partial charge in [-0.25, -0.2) is 0 Å². The van der Waals surface area contributed by atoms with Crippen LogP contribution in [0.3, 0.4) is 0 Å². The van der Waals surface area contributed by atoms with Crippen LogP contribution in [0.1, 0.15) is 57.9 Å². The fourth-order valence-electron chi connectivity index (χ4n) is 5.89. The smallest absolute Gasteiger partial charge is 0.229 e. The molecule has 4 fully saturated rings. The van der Waals surface area contributed by atoms with E-state index in [1.807, 2.05) is 12.1 Å². The molecule has 3 saturated heterocycles. The number of rotatable bonds is 7. The van der Waals surface area contributed by atoms with Gasteiger partial charge in [0.2, 0.25) is 5.91 Å². The molecule has 2 bridgehead atoms. The number of nitrogens with one attached hydrogen (secondary N) is 1. The van der Waals surface area contributed by atoms with Gasteiger partial charge in [-0.15, -0.1) is 0 Å². The molecule has 1 N–H and O–H groups in total. The zero-order chi connectivity index (χ0) is 21.9. The summed E-state index contributed by atoms with van der Waals surface area (Å²) in [6, 6.07) is 16.5. The quantitative estimate of drug-likeness (QED) is 0.571. The van der Waals surface area contributed by atoms with Gasteiger partial charge < -0.3 is 10.2 Å². The van der Waals surface area contributed by atoms with Gasteiger partial charge in [0.05, 0.1) is 5.92 Å². The molecule has 33 heavy (non-hydrogen) atoms. The van der Waals surface area contributed by atoms with Crippen LogP contribution in [0.25, 0.3) is 11.1 Å². The highest BCUT2D eigenvalue weighted by molar-refractivity contribution is 5.93. The van der Waals surface area contributed by atoms with E-state index in [2.05, 4.69) is 46.6 Å². The molecule has 2 aromatic rings. The van der Waals surface area contributed by atoms with E-state index in [4.69, 9.17) is 0 Å². The minimum Gasteiger partial charge on any atom is -0.326 e. The average molecular weight is 447 g/mol. The summed E-state index contributed by atoms with van der Waals surface area (Å²) in [7, 11) is 0. The standard InChI is InChI=1S/C28H34N2O2.CH4/c31-26(17-20-3-1-2-4-20)18-21-5-7-22(8-6-21)23-9-11-25(12-10-23)29-28(32)27-19-30-15-13-24(27)14-16-30;/h5-12,20,24,27H,1-4,13-19H2,(H,29,32);1H4/t27-;/m0./s1. The van der Waals surface area contributed by atoms with Gasteiger partial charge in [0.25, 0.3) is 0 Å². The zero-order valence-electron chi connectivity index (χ0n) is 18.9. The lowest BCUT2D eigenvalue weighted by Crippen LogP contribution is -2.51. The number of nitrogens with zero attached hydrogens (tertiary/aromatic N) is 1. The van der Waals surface area contributed by atoms with Gasteiger partial charge in [0.1, 0.15) is 5.78 Å². The van der Waals surface area contributed by atoms with Gasteiger partial charge in [-0.2, -0.15) is 0 Å². The molecule has 0 aromatic heterocycles. The molecule has 1 aliphatic carbocycles. The fraction of sp³-hybridized carbons (Fsp3) is 0.517. The first-order valence-electron chi connectivity index (χ1n) is 12.4. The Kier molecular flexibility index (Phi) is 7.64. The van der Waals surface area contributed by atoms with Crippen LogP contribution >= 0.6 is 0 Å². The lowest BCUT2D eigenvalue weighted by atomic mass is 9.78. The first-order valence-corrected chi connectivity index (χ1v) is 12.4. The molecule has 4 heteroatoms. The molecular formula is C29H38N2O2. The highest BCUT2D eigenvalue weighted by Gasteiger charge is 2.38. The number of hydrogen-bond acceptors (Lipinski definition) is 3. The molecule has 1 saturated carbocycles. The lowest BCUT2D eigenvalue weighted by Gasteiger charge is -2.43. The molecule has 3 aliphatic heterocycles. The van der Waals surface area contributed by atoms with E-state index in [0.717, 1.165) is 61.3 Å². The summed E-state index contributed by atoms with van der Waals surface area (Å²) in [4.78, 5) is 27.6. The summed E-state index contributed by atoms with van der Waals surface area (Å²) in [6.45, 7) is 3.21. The number of carbonyl (C=O) groups excluding carboxylic acids is 2. The summed E-state index contributed by atoms with van der Waals surface area (Å²) >= 11 is 0. The number of piperidine rings is 3. The van der Waals surface area contributed by atoms with E-state index >= 15 is 0 Å². The van der Waals surface area contributed by atoms with Crippen LogP contribution in [-0.4, -0.2) is 36.2 Å². The minimum atomic E-state index is 0. The zero-order valence-corrected chi connectivity index (χ0v) is 18.9. The first-order chi connectivity index (χ1) is 15.6. The van der Waals surface area contributed by atoms with Gasteiger partial charge in [0, 0.05) is 25.1 Å². The third kappa shape index (κ3) is 5.73. The summed E-state index contributed by atoms with van der Waals surface area (Å²) in [6.07, 6.45) is 8.61. The molecule has 0 spiro atoms. The molecule has 176 valence electrons. The molecule has 1 atom stereocenters. The average Bonchev–Trinajstić information content (AvgIpc) is 3.34. The predicted octanol–water partition coefficient (Wildman–Crippen LogP) is 5.96. The number of amides is 1. The van der Waals surface area contributed by atoms with Crippen LogP contribution < -0.4 is 5.32 Å². The molecular weight excluding hydrogens is 408 g/mol. The molecule has 1 amide bonds. The molecule has 3 heterocycles. The third-order valence-electron chi connectivity index (χ3n) is 7.83. The maximum atomic E-state index is 12.8. The first kappa shape index (κ1) is 23.7. The van der Waals surface area contributed by atoms with E-state index in [-0.39, 0.29) is 19.3 Å². The van der Waals surface area contributed by atoms with Crippen molar-refractivity contribution in [3.63, 3.8) is 0 Å². The van der Waals surface area contributed by atoms with Gasteiger partial charge in [0.15, 0.2) is 0 Å². The number of carbonyl (C=O) groups is 2. The van der Waals surface area contributed by atoms with Crippen molar-refractivity contribution >= 4 is 17.4 Å². The molecule has 6 rings (SSSR count). The van der Waals surface area contributed by atoms with Crippen LogP contribution in [0.4, 0.5) is 5.69 Å². The highest BCUT2D eigenvalue weighted by Crippen LogP contribution is 2.33. The molecule has 4 aliphatic rings. The Morgan fingerprint density at radius 3 is 2.03 bits per heavy atom. The summed E-state index contributed by atoms with van der Waals surface area (Å²) < 4.78 is 0. The van der Waals surface area contributed by atoms with Crippen molar-refractivity contribution in [2.24, 2.45) is 17.8 Å². The summed E-state index contributed by atoms with van der Waals surface area (Å²) in [5.41, 5.74) is 4.21. The van der Waals surface area contributed by atoms with Crippen LogP contribution in [0, 0.1) is 17.8 Å². The number of anilines is 1. The van der Waals surface area contributed by atoms with Crippen molar-refractivity contribution in [3.8, 4) is 11.1 Å². The molecule has 2 aromatic carbocycles. The lowest BCUT2D eigenvalue weighted by molar-refractivity contribution is -0.125. The van der Waals surface area contributed by atoms with Crippen molar-refractivity contribution in [1.29, 1.82) is 0 Å². The number of hydrogen-bond donors (Lipinski definition) is 1. The Bertz CT molecular complexity index is 937. The van der Waals surface area contributed by atoms with Crippen LogP contribution in [0.2, 0.25) is 0 Å². The molecule has 0 radical (unpaired) electrons. The van der Waals surface area contributed by atoms with Crippen LogP contribution in [0.15, 0.2) is 48.5 Å². The monoisotopic (exact) mass is 446 g/mol. The van der Waals surface area contributed by atoms with E-state index in [0.29, 0.717) is 24.0 Å². The van der Waals surface area contributed by atoms with Crippen molar-refractivity contribution < 1.29 is 9.59 Å². The Morgan fingerprint density at radius 2 is 1.45 bits per heavy atom. The van der Waals surface area contributed by atoms with Crippen molar-refractivity contribution in [1.82, 2.24) is 4.90 Å². The van der Waals surface area contributed by atoms with Crippen molar-refractivity contribution in [3.05, 3.63) is 54.1 Å². The van der Waals surface area contributed by atoms with Crippen LogP contribution in [0.5, 0.6) is 0 Å². The largest absolute Gasteiger partial charge is 0.326 e. The van der Waals surface area contributed by atoms with Gasteiger partial charge in [-0.1, -0.05) is 69.5 Å². The second-order valence-electron chi connectivity index (χ2n) is 10.1. The topological polar surface area (TPSA) is 49.4 Å². The Labute approximate surface area is 198 Å². The molecule has 0 unspecified atom stereocenters. The van der Waals surface area contributed by atoms with E-state index in [9.17, 15) is 9.59 Å².